The number of aromatic nitrogens is 3. The summed E-state index contributed by atoms with van der Waals surface area (Å²) in [5.41, 5.74) is 3.19. The number of nitrogens with one attached hydrogen (secondary N) is 3. The van der Waals surface area contributed by atoms with Crippen LogP contribution in [0.3, 0.4) is 0 Å². The maximum absolute atomic E-state index is 11.2. The van der Waals surface area contributed by atoms with E-state index in [1.165, 1.54) is 6.92 Å². The number of methoxy groups -OCH3 is 1. The molecule has 0 spiro atoms. The molecule has 0 saturated carbocycles. The average Bonchev–Trinajstić information content (AvgIpc) is 3.02. The predicted molar refractivity (Wildman–Crippen MR) is 117 cm³/mol. The Kier molecular flexibility index (Phi) is 6.73. The lowest BCUT2D eigenvalue weighted by atomic mass is 10.2. The zero-order valence-electron chi connectivity index (χ0n) is 16.8. The van der Waals surface area contributed by atoms with Crippen molar-refractivity contribution in [3.63, 3.8) is 0 Å². The van der Waals surface area contributed by atoms with Crippen LogP contribution in [0.15, 0.2) is 36.5 Å². The second-order valence-electron chi connectivity index (χ2n) is 6.59. The standard InChI is InChI=1S/C20H24N6O2S/c1-12(11-28-4)22-20-23-13(2)18(29-20)17-8-9-21-19(26-17)25-16-7-5-6-15(10-16)24-14(3)27/h5-10,12H,11H2,1-4H3,(H,22,23)(H,24,27)(H,21,25,26). The van der Waals surface area contributed by atoms with E-state index in [0.717, 1.165) is 27.1 Å². The molecule has 152 valence electrons. The van der Waals surface area contributed by atoms with Gasteiger partial charge in [-0.05, 0) is 38.1 Å². The van der Waals surface area contributed by atoms with Gasteiger partial charge >= 0.3 is 0 Å². The lowest BCUT2D eigenvalue weighted by Crippen LogP contribution is -2.20. The Morgan fingerprint density at radius 1 is 1.24 bits per heavy atom. The Morgan fingerprint density at radius 2 is 2.03 bits per heavy atom. The molecule has 1 unspecified atom stereocenters. The first-order chi connectivity index (χ1) is 13.9. The fraction of sp³-hybridized carbons (Fsp3) is 0.300. The van der Waals surface area contributed by atoms with Crippen LogP contribution in [0.5, 0.6) is 0 Å². The third kappa shape index (κ3) is 5.72. The van der Waals surface area contributed by atoms with Gasteiger partial charge in [0, 0.05) is 37.6 Å². The lowest BCUT2D eigenvalue weighted by molar-refractivity contribution is -0.114. The van der Waals surface area contributed by atoms with Crippen molar-refractivity contribution in [2.45, 2.75) is 26.8 Å². The Balaban J connectivity index is 1.78. The summed E-state index contributed by atoms with van der Waals surface area (Å²) in [6.45, 7) is 6.09. The maximum atomic E-state index is 11.2. The molecule has 8 nitrogen and oxygen atoms in total. The van der Waals surface area contributed by atoms with Crippen LogP contribution in [0.25, 0.3) is 10.6 Å². The highest BCUT2D eigenvalue weighted by atomic mass is 32.1. The van der Waals surface area contributed by atoms with Crippen molar-refractivity contribution >= 4 is 39.7 Å². The predicted octanol–water partition coefficient (Wildman–Crippen LogP) is 4.06. The van der Waals surface area contributed by atoms with Crippen molar-refractivity contribution in [1.29, 1.82) is 0 Å². The van der Waals surface area contributed by atoms with Gasteiger partial charge in [0.1, 0.15) is 0 Å². The quantitative estimate of drug-likeness (QED) is 0.513. The fourth-order valence-corrected chi connectivity index (χ4v) is 3.80. The minimum Gasteiger partial charge on any atom is -0.383 e. The van der Waals surface area contributed by atoms with Gasteiger partial charge in [0.05, 0.1) is 22.9 Å². The lowest BCUT2D eigenvalue weighted by Gasteiger charge is -2.10. The first-order valence-corrected chi connectivity index (χ1v) is 9.97. The molecule has 0 fully saturated rings. The first-order valence-electron chi connectivity index (χ1n) is 9.15. The third-order valence-corrected chi connectivity index (χ3v) is 5.02. The van der Waals surface area contributed by atoms with Crippen LogP contribution >= 0.6 is 11.3 Å². The summed E-state index contributed by atoms with van der Waals surface area (Å²) in [5.74, 6) is 0.350. The Morgan fingerprint density at radius 3 is 2.79 bits per heavy atom. The molecule has 2 heterocycles. The zero-order chi connectivity index (χ0) is 20.8. The molecule has 0 saturated heterocycles. The van der Waals surface area contributed by atoms with E-state index in [4.69, 9.17) is 4.74 Å². The van der Waals surface area contributed by atoms with Crippen LogP contribution in [0, 0.1) is 6.92 Å². The summed E-state index contributed by atoms with van der Waals surface area (Å²) >= 11 is 1.55. The molecule has 3 aromatic rings. The van der Waals surface area contributed by atoms with Crippen LogP contribution in [0.1, 0.15) is 19.5 Å². The molecule has 1 amide bonds. The highest BCUT2D eigenvalue weighted by Gasteiger charge is 2.13. The third-order valence-electron chi connectivity index (χ3n) is 3.91. The van der Waals surface area contributed by atoms with E-state index in [9.17, 15) is 4.79 Å². The number of aryl methyl sites for hydroxylation is 1. The summed E-state index contributed by atoms with van der Waals surface area (Å²) in [6, 6.07) is 9.42. The van der Waals surface area contributed by atoms with Gasteiger partial charge < -0.3 is 20.7 Å². The number of nitrogens with zero attached hydrogens (tertiary/aromatic N) is 3. The number of amides is 1. The van der Waals surface area contributed by atoms with E-state index in [1.807, 2.05) is 44.2 Å². The van der Waals surface area contributed by atoms with E-state index in [2.05, 4.69) is 30.9 Å². The SMILES string of the molecule is COCC(C)Nc1nc(C)c(-c2ccnc(Nc3cccc(NC(C)=O)c3)n2)s1. The van der Waals surface area contributed by atoms with Crippen LogP contribution in [-0.4, -0.2) is 40.6 Å². The van der Waals surface area contributed by atoms with Crippen LogP contribution in [0.4, 0.5) is 22.5 Å². The Hall–Kier alpha value is -3.04. The highest BCUT2D eigenvalue weighted by molar-refractivity contribution is 7.19. The van der Waals surface area contributed by atoms with E-state index >= 15 is 0 Å². The van der Waals surface area contributed by atoms with Gasteiger partial charge in [0.2, 0.25) is 11.9 Å². The average molecular weight is 413 g/mol. The van der Waals surface area contributed by atoms with Crippen molar-refractivity contribution in [2.24, 2.45) is 0 Å². The summed E-state index contributed by atoms with van der Waals surface area (Å²) in [5, 5.41) is 10.1. The van der Waals surface area contributed by atoms with Crippen LogP contribution in [0.2, 0.25) is 0 Å². The van der Waals surface area contributed by atoms with Gasteiger partial charge in [0.25, 0.3) is 0 Å². The summed E-state index contributed by atoms with van der Waals surface area (Å²) in [7, 11) is 1.68. The minimum atomic E-state index is -0.120. The fourth-order valence-electron chi connectivity index (χ4n) is 2.75. The normalized spacial score (nSPS) is 11.7. The van der Waals surface area contributed by atoms with Crippen LogP contribution < -0.4 is 16.0 Å². The number of carbonyl (C=O) groups is 1. The van der Waals surface area contributed by atoms with E-state index in [1.54, 1.807) is 24.6 Å². The molecule has 0 bridgehead atoms. The number of anilines is 4. The largest absolute Gasteiger partial charge is 0.383 e. The van der Waals surface area contributed by atoms with Gasteiger partial charge in [-0.3, -0.25) is 4.79 Å². The minimum absolute atomic E-state index is 0.120. The van der Waals surface area contributed by atoms with Gasteiger partial charge in [-0.25, -0.2) is 15.0 Å². The number of benzene rings is 1. The van der Waals surface area contributed by atoms with E-state index in [-0.39, 0.29) is 11.9 Å². The topological polar surface area (TPSA) is 101 Å². The maximum Gasteiger partial charge on any atom is 0.227 e. The van der Waals surface area contributed by atoms with Crippen molar-refractivity contribution in [3.05, 3.63) is 42.2 Å². The number of hydrogen-bond acceptors (Lipinski definition) is 8. The van der Waals surface area contributed by atoms with Gasteiger partial charge in [0.15, 0.2) is 5.13 Å². The molecule has 29 heavy (non-hydrogen) atoms. The second-order valence-corrected chi connectivity index (χ2v) is 7.59. The van der Waals surface area contributed by atoms with Gasteiger partial charge in [-0.15, -0.1) is 0 Å². The molecule has 2 aromatic heterocycles. The van der Waals surface area contributed by atoms with Crippen molar-refractivity contribution in [1.82, 2.24) is 15.0 Å². The molecule has 3 rings (SSSR count). The molecule has 0 radical (unpaired) electrons. The summed E-state index contributed by atoms with van der Waals surface area (Å²) in [6.07, 6.45) is 1.71. The highest BCUT2D eigenvalue weighted by Crippen LogP contribution is 2.32. The monoisotopic (exact) mass is 412 g/mol. The molecule has 0 aliphatic rings. The molecule has 0 aliphatic carbocycles. The Bertz CT molecular complexity index is 991. The molecule has 9 heteroatoms. The smallest absolute Gasteiger partial charge is 0.227 e. The number of thiazole rings is 1. The summed E-state index contributed by atoms with van der Waals surface area (Å²) in [4.78, 5) is 25.8. The molecular weight excluding hydrogens is 388 g/mol. The number of carbonyl (C=O) groups excluding carboxylic acids is 1. The number of hydrogen-bond donors (Lipinski definition) is 3. The zero-order valence-corrected chi connectivity index (χ0v) is 17.6. The molecule has 0 aliphatic heterocycles. The summed E-state index contributed by atoms with van der Waals surface area (Å²) < 4.78 is 5.16. The molecular formula is C20H24N6O2S. The van der Waals surface area contributed by atoms with E-state index < -0.39 is 0 Å². The van der Waals surface area contributed by atoms with Crippen molar-refractivity contribution in [3.8, 4) is 10.6 Å². The number of rotatable bonds is 8. The first kappa shape index (κ1) is 20.7. The molecule has 1 aromatic carbocycles. The van der Waals surface area contributed by atoms with Crippen molar-refractivity contribution in [2.75, 3.05) is 29.7 Å². The van der Waals surface area contributed by atoms with Crippen LogP contribution in [-0.2, 0) is 9.53 Å². The molecule has 1 atom stereocenters. The van der Waals surface area contributed by atoms with E-state index in [0.29, 0.717) is 18.2 Å². The van der Waals surface area contributed by atoms with Crippen molar-refractivity contribution < 1.29 is 9.53 Å². The van der Waals surface area contributed by atoms with Gasteiger partial charge in [-0.1, -0.05) is 17.4 Å². The Labute approximate surface area is 173 Å². The molecule has 3 N–H and O–H groups in total. The van der Waals surface area contributed by atoms with Gasteiger partial charge in [-0.2, -0.15) is 0 Å². The number of ether oxygens (including phenoxy) is 1. The second kappa shape index (κ2) is 9.44.